The van der Waals surface area contributed by atoms with Gasteiger partial charge in [0.1, 0.15) is 12.1 Å². The first-order chi connectivity index (χ1) is 10.1. The third-order valence-electron chi connectivity index (χ3n) is 4.19. The summed E-state index contributed by atoms with van der Waals surface area (Å²) in [6.45, 7) is -0.105. The smallest absolute Gasteiger partial charge is 0.325 e. The Morgan fingerprint density at radius 2 is 1.86 bits per heavy atom. The second-order valence-electron chi connectivity index (χ2n) is 5.50. The number of hydrogen-bond acceptors (Lipinski definition) is 3. The maximum Gasteiger partial charge on any atom is 0.325 e. The predicted molar refractivity (Wildman–Crippen MR) is 76.5 cm³/mol. The Kier molecular flexibility index (Phi) is 3.37. The van der Waals surface area contributed by atoms with Gasteiger partial charge in [-0.1, -0.05) is 31.0 Å². The van der Waals surface area contributed by atoms with E-state index in [1.54, 1.807) is 12.1 Å². The van der Waals surface area contributed by atoms with E-state index in [-0.39, 0.29) is 18.4 Å². The van der Waals surface area contributed by atoms with Crippen molar-refractivity contribution in [2.75, 3.05) is 11.9 Å². The Morgan fingerprint density at radius 1 is 1.19 bits per heavy atom. The maximum atomic E-state index is 12.1. The van der Waals surface area contributed by atoms with E-state index in [4.69, 9.17) is 0 Å². The summed E-state index contributed by atoms with van der Waals surface area (Å²) in [5.74, 6) is -0.560. The molecule has 6 heteroatoms. The molecule has 1 aliphatic heterocycles. The maximum absolute atomic E-state index is 12.1. The zero-order valence-electron chi connectivity index (χ0n) is 11.6. The molecule has 1 spiro atoms. The largest absolute Gasteiger partial charge is 0.325 e. The SMILES string of the molecule is O=C(CN1C(=O)NC(=O)C12CCCC2)Nc1ccccc1. The highest BCUT2D eigenvalue weighted by molar-refractivity contribution is 6.09. The van der Waals surface area contributed by atoms with Crippen LogP contribution in [0.2, 0.25) is 0 Å². The van der Waals surface area contributed by atoms with Crippen molar-refractivity contribution in [2.24, 2.45) is 0 Å². The summed E-state index contributed by atoms with van der Waals surface area (Å²) in [5.41, 5.74) is -0.139. The van der Waals surface area contributed by atoms with E-state index in [1.165, 1.54) is 4.90 Å². The fraction of sp³-hybridized carbons (Fsp3) is 0.400. The standard InChI is InChI=1S/C15H17N3O3/c19-12(16-11-6-2-1-3-7-11)10-18-14(21)17-13(20)15(18)8-4-5-9-15/h1-3,6-7H,4-5,8-10H2,(H,16,19)(H,17,20,21). The number of para-hydroxylation sites is 1. The van der Waals surface area contributed by atoms with Gasteiger partial charge in [-0.15, -0.1) is 0 Å². The quantitative estimate of drug-likeness (QED) is 0.827. The number of anilines is 1. The molecule has 1 saturated carbocycles. The lowest BCUT2D eigenvalue weighted by Crippen LogP contribution is -2.50. The first kappa shape index (κ1) is 13.6. The lowest BCUT2D eigenvalue weighted by molar-refractivity contribution is -0.127. The van der Waals surface area contributed by atoms with Crippen molar-refractivity contribution in [1.29, 1.82) is 0 Å². The lowest BCUT2D eigenvalue weighted by atomic mass is 9.96. The number of rotatable bonds is 3. The Bertz CT molecular complexity index is 579. The van der Waals surface area contributed by atoms with Crippen LogP contribution in [0.5, 0.6) is 0 Å². The molecule has 0 aromatic heterocycles. The summed E-state index contributed by atoms with van der Waals surface area (Å²) < 4.78 is 0. The summed E-state index contributed by atoms with van der Waals surface area (Å²) in [5, 5.41) is 5.08. The second-order valence-corrected chi connectivity index (χ2v) is 5.50. The molecule has 2 fully saturated rings. The number of imide groups is 1. The first-order valence-electron chi connectivity index (χ1n) is 7.10. The summed E-state index contributed by atoms with van der Waals surface area (Å²) in [7, 11) is 0. The summed E-state index contributed by atoms with van der Waals surface area (Å²) in [6.07, 6.45) is 3.06. The molecule has 1 heterocycles. The number of carbonyl (C=O) groups is 3. The van der Waals surface area contributed by atoms with Gasteiger partial charge >= 0.3 is 6.03 Å². The second kappa shape index (κ2) is 5.20. The number of benzene rings is 1. The van der Waals surface area contributed by atoms with E-state index >= 15 is 0 Å². The number of carbonyl (C=O) groups excluding carboxylic acids is 3. The van der Waals surface area contributed by atoms with Crippen LogP contribution >= 0.6 is 0 Å². The highest BCUT2D eigenvalue weighted by Crippen LogP contribution is 2.38. The average molecular weight is 287 g/mol. The molecule has 0 atom stereocenters. The van der Waals surface area contributed by atoms with Crippen LogP contribution in [0.1, 0.15) is 25.7 Å². The van der Waals surface area contributed by atoms with E-state index in [0.717, 1.165) is 12.8 Å². The molecule has 1 saturated heterocycles. The zero-order chi connectivity index (χ0) is 14.9. The molecule has 1 aliphatic carbocycles. The fourth-order valence-electron chi connectivity index (χ4n) is 3.14. The number of amides is 4. The van der Waals surface area contributed by atoms with Gasteiger partial charge in [-0.05, 0) is 25.0 Å². The molecular weight excluding hydrogens is 270 g/mol. The highest BCUT2D eigenvalue weighted by Gasteiger charge is 2.54. The molecule has 21 heavy (non-hydrogen) atoms. The Labute approximate surface area is 122 Å². The minimum atomic E-state index is -0.814. The first-order valence-corrected chi connectivity index (χ1v) is 7.10. The van der Waals surface area contributed by atoms with Gasteiger partial charge < -0.3 is 10.2 Å². The normalized spacial score (nSPS) is 19.9. The molecule has 0 bridgehead atoms. The number of nitrogens with zero attached hydrogens (tertiary/aromatic N) is 1. The van der Waals surface area contributed by atoms with Gasteiger partial charge in [-0.3, -0.25) is 14.9 Å². The molecule has 2 aliphatic rings. The van der Waals surface area contributed by atoms with Gasteiger partial charge in [0.25, 0.3) is 5.91 Å². The summed E-state index contributed by atoms with van der Waals surface area (Å²) >= 11 is 0. The summed E-state index contributed by atoms with van der Waals surface area (Å²) in [4.78, 5) is 37.5. The van der Waals surface area contributed by atoms with Crippen molar-refractivity contribution in [3.05, 3.63) is 30.3 Å². The van der Waals surface area contributed by atoms with Gasteiger partial charge in [0.05, 0.1) is 0 Å². The van der Waals surface area contributed by atoms with Crippen LogP contribution in [0, 0.1) is 0 Å². The number of urea groups is 1. The molecule has 3 rings (SSSR count). The van der Waals surface area contributed by atoms with Gasteiger partial charge in [0.15, 0.2) is 0 Å². The van der Waals surface area contributed by atoms with Gasteiger partial charge in [-0.25, -0.2) is 4.79 Å². The van der Waals surface area contributed by atoms with E-state index in [9.17, 15) is 14.4 Å². The van der Waals surface area contributed by atoms with Crippen LogP contribution in [0.25, 0.3) is 0 Å². The van der Waals surface area contributed by atoms with Crippen molar-refractivity contribution in [3.8, 4) is 0 Å². The molecule has 1 aromatic carbocycles. The zero-order valence-corrected chi connectivity index (χ0v) is 11.6. The van der Waals surface area contributed by atoms with Crippen molar-refractivity contribution in [2.45, 2.75) is 31.2 Å². The van der Waals surface area contributed by atoms with Gasteiger partial charge in [-0.2, -0.15) is 0 Å². The molecule has 0 unspecified atom stereocenters. The van der Waals surface area contributed by atoms with Crippen molar-refractivity contribution < 1.29 is 14.4 Å². The van der Waals surface area contributed by atoms with Gasteiger partial charge in [0.2, 0.25) is 5.91 Å². The molecule has 0 radical (unpaired) electrons. The summed E-state index contributed by atoms with van der Waals surface area (Å²) in [6, 6.07) is 8.58. The van der Waals surface area contributed by atoms with Crippen LogP contribution in [-0.4, -0.2) is 34.8 Å². The van der Waals surface area contributed by atoms with Gasteiger partial charge in [0, 0.05) is 5.69 Å². The van der Waals surface area contributed by atoms with Crippen molar-refractivity contribution >= 4 is 23.5 Å². The molecule has 110 valence electrons. The monoisotopic (exact) mass is 287 g/mol. The molecule has 2 N–H and O–H groups in total. The number of nitrogens with one attached hydrogen (secondary N) is 2. The van der Waals surface area contributed by atoms with E-state index in [2.05, 4.69) is 10.6 Å². The van der Waals surface area contributed by atoms with E-state index < -0.39 is 11.6 Å². The molecule has 1 aromatic rings. The molecule has 4 amide bonds. The van der Waals surface area contributed by atoms with E-state index in [1.807, 2.05) is 18.2 Å². The topological polar surface area (TPSA) is 78.5 Å². The average Bonchev–Trinajstić information content (AvgIpc) is 3.03. The molecular formula is C15H17N3O3. The third-order valence-corrected chi connectivity index (χ3v) is 4.19. The van der Waals surface area contributed by atoms with E-state index in [0.29, 0.717) is 18.5 Å². The van der Waals surface area contributed by atoms with Crippen LogP contribution in [0.15, 0.2) is 30.3 Å². The van der Waals surface area contributed by atoms with Crippen molar-refractivity contribution in [1.82, 2.24) is 10.2 Å². The van der Waals surface area contributed by atoms with Crippen LogP contribution in [0.3, 0.4) is 0 Å². The lowest BCUT2D eigenvalue weighted by Gasteiger charge is -2.30. The minimum Gasteiger partial charge on any atom is -0.325 e. The van der Waals surface area contributed by atoms with Crippen LogP contribution < -0.4 is 10.6 Å². The van der Waals surface area contributed by atoms with Crippen LogP contribution in [-0.2, 0) is 9.59 Å². The highest BCUT2D eigenvalue weighted by atomic mass is 16.2. The predicted octanol–water partition coefficient (Wildman–Crippen LogP) is 1.49. The fourth-order valence-corrected chi connectivity index (χ4v) is 3.14. The Hall–Kier alpha value is -2.37. The Balaban J connectivity index is 1.72. The third kappa shape index (κ3) is 2.37. The Morgan fingerprint density at radius 3 is 2.52 bits per heavy atom. The molecule has 6 nitrogen and oxygen atoms in total. The van der Waals surface area contributed by atoms with Crippen LogP contribution in [0.4, 0.5) is 10.5 Å². The number of hydrogen-bond donors (Lipinski definition) is 2. The van der Waals surface area contributed by atoms with Crippen molar-refractivity contribution in [3.63, 3.8) is 0 Å². The minimum absolute atomic E-state index is 0.105.